The molecular weight excluding hydrogens is 350 g/mol. The molecule has 7 nitrogen and oxygen atoms in total. The minimum atomic E-state index is -0.783. The third kappa shape index (κ3) is 3.36. The molecule has 0 N–H and O–H groups in total. The smallest absolute Gasteiger partial charge is 0.345 e. The number of nitro groups is 1. The fourth-order valence-electron chi connectivity index (χ4n) is 2.31. The molecule has 0 aliphatic carbocycles. The summed E-state index contributed by atoms with van der Waals surface area (Å²) >= 11 is 5.91. The van der Waals surface area contributed by atoms with Gasteiger partial charge in [-0.25, -0.2) is 9.59 Å². The monoisotopic (exact) mass is 359 g/mol. The number of non-ortho nitro benzene ring substituents is 1. The summed E-state index contributed by atoms with van der Waals surface area (Å²) < 4.78 is 10.3. The zero-order valence-electron chi connectivity index (χ0n) is 12.8. The Morgan fingerprint density at radius 1 is 1.20 bits per heavy atom. The zero-order chi connectivity index (χ0) is 18.1. The van der Waals surface area contributed by atoms with Gasteiger partial charge in [-0.2, -0.15) is 0 Å². The topological polar surface area (TPSA) is 99.7 Å². The number of benzene rings is 2. The highest BCUT2D eigenvalue weighted by Crippen LogP contribution is 2.26. The molecule has 0 aliphatic rings. The third-order valence-corrected chi connectivity index (χ3v) is 3.83. The molecule has 0 atom stereocenters. The van der Waals surface area contributed by atoms with Crippen LogP contribution in [0.15, 0.2) is 51.7 Å². The standard InChI is InChI=1S/C17H10ClNO6/c1-9-6-16(20)25-15-8-11(3-5-12(9)15)24-17(21)13-4-2-10(19(22)23)7-14(13)18/h2-8H,1H3. The molecule has 3 rings (SSSR count). The Morgan fingerprint density at radius 3 is 2.64 bits per heavy atom. The van der Waals surface area contributed by atoms with E-state index in [0.717, 1.165) is 17.7 Å². The van der Waals surface area contributed by atoms with Gasteiger partial charge in [-0.1, -0.05) is 11.6 Å². The Balaban J connectivity index is 1.92. The first-order chi connectivity index (χ1) is 11.8. The van der Waals surface area contributed by atoms with Gasteiger partial charge < -0.3 is 9.15 Å². The number of esters is 1. The van der Waals surface area contributed by atoms with Crippen molar-refractivity contribution in [1.82, 2.24) is 0 Å². The van der Waals surface area contributed by atoms with Crippen molar-refractivity contribution < 1.29 is 18.9 Å². The number of fused-ring (bicyclic) bond motifs is 1. The van der Waals surface area contributed by atoms with Gasteiger partial charge in [0.1, 0.15) is 11.3 Å². The van der Waals surface area contributed by atoms with Gasteiger partial charge in [-0.05, 0) is 30.7 Å². The predicted octanol–water partition coefficient (Wildman–Crippen LogP) is 3.88. The van der Waals surface area contributed by atoms with Crippen LogP contribution in [0.3, 0.4) is 0 Å². The molecule has 0 unspecified atom stereocenters. The molecule has 0 spiro atoms. The highest BCUT2D eigenvalue weighted by Gasteiger charge is 2.17. The second-order valence-electron chi connectivity index (χ2n) is 5.22. The molecule has 8 heteroatoms. The van der Waals surface area contributed by atoms with E-state index >= 15 is 0 Å². The summed E-state index contributed by atoms with van der Waals surface area (Å²) in [5.41, 5.74) is 0.266. The maximum atomic E-state index is 12.2. The molecule has 0 aliphatic heterocycles. The lowest BCUT2D eigenvalue weighted by atomic mass is 10.1. The van der Waals surface area contributed by atoms with Crippen LogP contribution in [0.4, 0.5) is 5.69 Å². The van der Waals surface area contributed by atoms with Gasteiger partial charge in [-0.15, -0.1) is 0 Å². The lowest BCUT2D eigenvalue weighted by Crippen LogP contribution is -2.09. The number of nitrogens with zero attached hydrogens (tertiary/aromatic N) is 1. The van der Waals surface area contributed by atoms with Crippen LogP contribution >= 0.6 is 11.6 Å². The fourth-order valence-corrected chi connectivity index (χ4v) is 2.57. The number of carbonyl (C=O) groups excluding carboxylic acids is 1. The Bertz CT molecular complexity index is 1070. The molecule has 1 heterocycles. The van der Waals surface area contributed by atoms with Gasteiger partial charge in [0.25, 0.3) is 5.69 Å². The van der Waals surface area contributed by atoms with Crippen molar-refractivity contribution in [2.75, 3.05) is 0 Å². The van der Waals surface area contributed by atoms with Gasteiger partial charge in [-0.3, -0.25) is 10.1 Å². The van der Waals surface area contributed by atoms with E-state index in [1.54, 1.807) is 19.1 Å². The number of halogens is 1. The number of nitro benzene ring substituents is 1. The van der Waals surface area contributed by atoms with Crippen LogP contribution in [0.2, 0.25) is 5.02 Å². The summed E-state index contributed by atoms with van der Waals surface area (Å²) in [6.45, 7) is 1.77. The van der Waals surface area contributed by atoms with E-state index < -0.39 is 16.5 Å². The molecule has 0 fully saturated rings. The van der Waals surface area contributed by atoms with Crippen molar-refractivity contribution in [1.29, 1.82) is 0 Å². The van der Waals surface area contributed by atoms with Crippen molar-refractivity contribution >= 4 is 34.2 Å². The number of hydrogen-bond donors (Lipinski definition) is 0. The van der Waals surface area contributed by atoms with Crippen LogP contribution in [-0.2, 0) is 0 Å². The van der Waals surface area contributed by atoms with E-state index in [2.05, 4.69) is 0 Å². The average Bonchev–Trinajstić information content (AvgIpc) is 2.53. The highest BCUT2D eigenvalue weighted by molar-refractivity contribution is 6.33. The Hall–Kier alpha value is -3.19. The lowest BCUT2D eigenvalue weighted by Gasteiger charge is -2.07. The fraction of sp³-hybridized carbons (Fsp3) is 0.0588. The number of ether oxygens (including phenoxy) is 1. The van der Waals surface area contributed by atoms with E-state index in [-0.39, 0.29) is 27.6 Å². The Labute approximate surface area is 145 Å². The van der Waals surface area contributed by atoms with E-state index in [0.29, 0.717) is 5.39 Å². The van der Waals surface area contributed by atoms with Gasteiger partial charge in [0.2, 0.25) is 0 Å². The van der Waals surface area contributed by atoms with Crippen molar-refractivity contribution in [2.45, 2.75) is 6.92 Å². The molecular formula is C17H10ClNO6. The predicted molar refractivity (Wildman–Crippen MR) is 90.3 cm³/mol. The van der Waals surface area contributed by atoms with Crippen LogP contribution in [0.1, 0.15) is 15.9 Å². The largest absolute Gasteiger partial charge is 0.423 e. The normalized spacial score (nSPS) is 10.6. The second kappa shape index (κ2) is 6.37. The maximum absolute atomic E-state index is 12.2. The molecule has 0 saturated carbocycles. The quantitative estimate of drug-likeness (QED) is 0.231. The van der Waals surface area contributed by atoms with Gasteiger partial charge >= 0.3 is 11.6 Å². The van der Waals surface area contributed by atoms with Gasteiger partial charge in [0, 0.05) is 29.7 Å². The first-order valence-electron chi connectivity index (χ1n) is 7.06. The summed E-state index contributed by atoms with van der Waals surface area (Å²) in [7, 11) is 0. The molecule has 25 heavy (non-hydrogen) atoms. The Morgan fingerprint density at radius 2 is 1.96 bits per heavy atom. The van der Waals surface area contributed by atoms with Gasteiger partial charge in [0.15, 0.2) is 0 Å². The zero-order valence-corrected chi connectivity index (χ0v) is 13.6. The molecule has 2 aromatic carbocycles. The maximum Gasteiger partial charge on any atom is 0.345 e. The van der Waals surface area contributed by atoms with E-state index in [4.69, 9.17) is 20.8 Å². The van der Waals surface area contributed by atoms with Crippen molar-refractivity contribution in [2.24, 2.45) is 0 Å². The van der Waals surface area contributed by atoms with Crippen LogP contribution in [0.25, 0.3) is 11.0 Å². The number of rotatable bonds is 3. The van der Waals surface area contributed by atoms with E-state index in [1.807, 2.05) is 0 Å². The Kier molecular flexibility index (Phi) is 4.24. The van der Waals surface area contributed by atoms with E-state index in [1.165, 1.54) is 18.2 Å². The summed E-state index contributed by atoms with van der Waals surface area (Å²) in [5.74, 6) is -0.630. The van der Waals surface area contributed by atoms with Crippen LogP contribution in [0.5, 0.6) is 5.75 Å². The molecule has 1 aromatic heterocycles. The van der Waals surface area contributed by atoms with Crippen molar-refractivity contribution in [3.8, 4) is 5.75 Å². The molecule has 0 saturated heterocycles. The average molecular weight is 360 g/mol. The lowest BCUT2D eigenvalue weighted by molar-refractivity contribution is -0.384. The van der Waals surface area contributed by atoms with Gasteiger partial charge in [0.05, 0.1) is 15.5 Å². The number of hydrogen-bond acceptors (Lipinski definition) is 6. The molecule has 0 bridgehead atoms. The summed E-state index contributed by atoms with van der Waals surface area (Å²) in [6.07, 6.45) is 0. The third-order valence-electron chi connectivity index (χ3n) is 3.52. The summed E-state index contributed by atoms with van der Waals surface area (Å²) in [4.78, 5) is 33.7. The molecule has 0 amide bonds. The minimum absolute atomic E-state index is 0.0157. The van der Waals surface area contributed by atoms with Crippen LogP contribution < -0.4 is 10.4 Å². The summed E-state index contributed by atoms with van der Waals surface area (Å²) in [5, 5.41) is 11.3. The van der Waals surface area contributed by atoms with Crippen molar-refractivity contribution in [3.05, 3.63) is 79.1 Å². The van der Waals surface area contributed by atoms with Crippen LogP contribution in [0, 0.1) is 17.0 Å². The minimum Gasteiger partial charge on any atom is -0.423 e. The molecule has 3 aromatic rings. The second-order valence-corrected chi connectivity index (χ2v) is 5.62. The van der Waals surface area contributed by atoms with Crippen LogP contribution in [-0.4, -0.2) is 10.9 Å². The summed E-state index contributed by atoms with van der Waals surface area (Å²) in [6, 6.07) is 9.44. The molecule has 126 valence electrons. The number of carbonyl (C=O) groups is 1. The van der Waals surface area contributed by atoms with E-state index in [9.17, 15) is 19.7 Å². The highest BCUT2D eigenvalue weighted by atomic mass is 35.5. The first-order valence-corrected chi connectivity index (χ1v) is 7.43. The van der Waals surface area contributed by atoms with Crippen molar-refractivity contribution in [3.63, 3.8) is 0 Å². The SMILES string of the molecule is Cc1cc(=O)oc2cc(OC(=O)c3ccc([N+](=O)[O-])cc3Cl)ccc12. The molecule has 0 radical (unpaired) electrons. The number of aryl methyl sites for hydroxylation is 1. The first kappa shape index (κ1) is 16.7.